The normalized spacial score (nSPS) is 11.0. The van der Waals surface area contributed by atoms with Crippen LogP contribution in [-0.4, -0.2) is 9.97 Å². The first kappa shape index (κ1) is 25.0. The number of benzene rings is 2. The molecule has 2 aromatic carbocycles. The lowest BCUT2D eigenvalue weighted by molar-refractivity contribution is 0.292. The van der Waals surface area contributed by atoms with Crippen LogP contribution in [0.2, 0.25) is 0 Å². The Hall–Kier alpha value is -2.68. The smallest absolute Gasteiger partial charge is 0.232 e. The first-order chi connectivity index (χ1) is 16.3. The van der Waals surface area contributed by atoms with Crippen LogP contribution in [0.3, 0.4) is 0 Å². The molecule has 3 aromatic rings. The molecule has 1 aromatic heterocycles. The van der Waals surface area contributed by atoms with Crippen molar-refractivity contribution in [1.29, 1.82) is 0 Å². The van der Waals surface area contributed by atoms with Gasteiger partial charge in [0, 0.05) is 5.56 Å². The van der Waals surface area contributed by atoms with Gasteiger partial charge in [-0.1, -0.05) is 107 Å². The van der Waals surface area contributed by atoms with E-state index in [1.807, 2.05) is 0 Å². The largest absolute Gasteiger partial charge is 0.472 e. The zero-order valence-electron chi connectivity index (χ0n) is 20.6. The summed E-state index contributed by atoms with van der Waals surface area (Å²) in [4.78, 5) is 9.02. The van der Waals surface area contributed by atoms with E-state index in [-0.39, 0.29) is 0 Å². The first-order valence-electron chi connectivity index (χ1n) is 12.9. The molecule has 0 unspecified atom stereocenters. The molecule has 176 valence electrons. The van der Waals surface area contributed by atoms with Gasteiger partial charge < -0.3 is 4.74 Å². The summed E-state index contributed by atoms with van der Waals surface area (Å²) >= 11 is 0. The van der Waals surface area contributed by atoms with E-state index >= 15 is 0 Å². The van der Waals surface area contributed by atoms with Crippen LogP contribution >= 0.6 is 0 Å². The van der Waals surface area contributed by atoms with E-state index in [1.54, 1.807) is 12.4 Å². The number of rotatable bonds is 15. The molecular weight excluding hydrogens is 404 g/mol. The summed E-state index contributed by atoms with van der Waals surface area (Å²) < 4.78 is 5.84. The Balaban J connectivity index is 1.42. The minimum atomic E-state index is 0.509. The van der Waals surface area contributed by atoms with E-state index in [0.717, 1.165) is 29.7 Å². The fourth-order valence-corrected chi connectivity index (χ4v) is 4.01. The second-order valence-electron chi connectivity index (χ2n) is 9.02. The Labute approximate surface area is 200 Å². The molecule has 0 saturated carbocycles. The summed E-state index contributed by atoms with van der Waals surface area (Å²) in [6, 6.07) is 17.4. The van der Waals surface area contributed by atoms with Crippen molar-refractivity contribution in [2.75, 3.05) is 0 Å². The minimum Gasteiger partial charge on any atom is -0.472 e. The second kappa shape index (κ2) is 14.5. The van der Waals surface area contributed by atoms with E-state index in [2.05, 4.69) is 72.3 Å². The number of hydrogen-bond donors (Lipinski definition) is 0. The summed E-state index contributed by atoms with van der Waals surface area (Å²) in [7, 11) is 0. The highest BCUT2D eigenvalue weighted by Gasteiger charge is 2.04. The van der Waals surface area contributed by atoms with Crippen molar-refractivity contribution in [2.24, 2.45) is 0 Å². The van der Waals surface area contributed by atoms with Crippen molar-refractivity contribution in [1.82, 2.24) is 9.97 Å². The summed E-state index contributed by atoms with van der Waals surface area (Å²) in [5.74, 6) is 0.560. The molecule has 0 saturated heterocycles. The lowest BCUT2D eigenvalue weighted by Crippen LogP contribution is -1.98. The van der Waals surface area contributed by atoms with Gasteiger partial charge in [-0.3, -0.25) is 0 Å². The molecule has 0 atom stereocenters. The summed E-state index contributed by atoms with van der Waals surface area (Å²) in [5, 5.41) is 0. The number of aromatic nitrogens is 2. The molecular formula is C30H40N2O. The molecule has 0 fully saturated rings. The number of hydrogen-bond acceptors (Lipinski definition) is 3. The third kappa shape index (κ3) is 9.00. The Morgan fingerprint density at radius 2 is 1.15 bits per heavy atom. The molecule has 0 aliphatic rings. The number of aryl methyl sites for hydroxylation is 2. The van der Waals surface area contributed by atoms with Crippen molar-refractivity contribution in [3.05, 3.63) is 77.6 Å². The minimum absolute atomic E-state index is 0.509. The van der Waals surface area contributed by atoms with Gasteiger partial charge in [0.15, 0.2) is 0 Å². The average Bonchev–Trinajstić information content (AvgIpc) is 2.87. The number of unbranched alkanes of at least 4 members (excludes halogenated alkanes) is 7. The van der Waals surface area contributed by atoms with Crippen molar-refractivity contribution in [3.8, 4) is 17.1 Å². The lowest BCUT2D eigenvalue weighted by Gasteiger charge is -2.08. The van der Waals surface area contributed by atoms with Gasteiger partial charge in [-0.15, -0.1) is 0 Å². The molecule has 33 heavy (non-hydrogen) atoms. The van der Waals surface area contributed by atoms with Crippen LogP contribution in [-0.2, 0) is 19.4 Å². The molecule has 0 amide bonds. The standard InChI is InChI=1S/C30H40N2O/c1-3-5-7-8-9-10-11-13-26-18-20-28(21-19-26)29-22-32-30(23-31-29)33-24-27-16-14-25(15-17-27)12-6-4-2/h14-23H,3-13,24H2,1-2H3. The maximum absolute atomic E-state index is 5.84. The monoisotopic (exact) mass is 444 g/mol. The maximum Gasteiger partial charge on any atom is 0.232 e. The van der Waals surface area contributed by atoms with Gasteiger partial charge in [-0.05, 0) is 42.4 Å². The molecule has 3 rings (SSSR count). The van der Waals surface area contributed by atoms with Gasteiger partial charge in [0.1, 0.15) is 6.61 Å². The van der Waals surface area contributed by atoms with Gasteiger partial charge in [0.25, 0.3) is 0 Å². The average molecular weight is 445 g/mol. The predicted molar refractivity (Wildman–Crippen MR) is 139 cm³/mol. The van der Waals surface area contributed by atoms with Crippen LogP contribution in [0.5, 0.6) is 5.88 Å². The van der Waals surface area contributed by atoms with E-state index in [1.165, 1.54) is 68.9 Å². The van der Waals surface area contributed by atoms with Crippen LogP contribution in [0.15, 0.2) is 60.9 Å². The predicted octanol–water partition coefficient (Wildman–Crippen LogP) is 8.36. The third-order valence-electron chi connectivity index (χ3n) is 6.18. The highest BCUT2D eigenvalue weighted by molar-refractivity contribution is 5.58. The van der Waals surface area contributed by atoms with Crippen molar-refractivity contribution >= 4 is 0 Å². The van der Waals surface area contributed by atoms with E-state index in [9.17, 15) is 0 Å². The fourth-order valence-electron chi connectivity index (χ4n) is 4.01. The second-order valence-corrected chi connectivity index (χ2v) is 9.02. The van der Waals surface area contributed by atoms with Crippen molar-refractivity contribution in [2.45, 2.75) is 91.1 Å². The summed E-state index contributed by atoms with van der Waals surface area (Å²) in [6.45, 7) is 5.00. The van der Waals surface area contributed by atoms with E-state index in [4.69, 9.17) is 4.74 Å². The third-order valence-corrected chi connectivity index (χ3v) is 6.18. The first-order valence-corrected chi connectivity index (χ1v) is 12.9. The van der Waals surface area contributed by atoms with Gasteiger partial charge in [-0.2, -0.15) is 0 Å². The van der Waals surface area contributed by atoms with Crippen molar-refractivity contribution in [3.63, 3.8) is 0 Å². The lowest BCUT2D eigenvalue weighted by atomic mass is 10.0. The van der Waals surface area contributed by atoms with Gasteiger partial charge >= 0.3 is 0 Å². The molecule has 0 aliphatic carbocycles. The summed E-state index contributed by atoms with van der Waals surface area (Å²) in [5.41, 5.74) is 5.92. The molecule has 0 N–H and O–H groups in total. The number of nitrogens with zero attached hydrogens (tertiary/aromatic N) is 2. The van der Waals surface area contributed by atoms with E-state index < -0.39 is 0 Å². The SMILES string of the molecule is CCCCCCCCCc1ccc(-c2cnc(OCc3ccc(CCCC)cc3)cn2)cc1. The fraction of sp³-hybridized carbons (Fsp3) is 0.467. The van der Waals surface area contributed by atoms with Crippen LogP contribution in [0.1, 0.15) is 88.3 Å². The highest BCUT2D eigenvalue weighted by atomic mass is 16.5. The Morgan fingerprint density at radius 1 is 0.576 bits per heavy atom. The molecule has 0 bridgehead atoms. The topological polar surface area (TPSA) is 35.0 Å². The van der Waals surface area contributed by atoms with Gasteiger partial charge in [-0.25, -0.2) is 9.97 Å². The van der Waals surface area contributed by atoms with Gasteiger partial charge in [0.05, 0.1) is 18.1 Å². The zero-order chi connectivity index (χ0) is 23.1. The molecule has 3 nitrogen and oxygen atoms in total. The molecule has 1 heterocycles. The van der Waals surface area contributed by atoms with E-state index in [0.29, 0.717) is 12.5 Å². The quantitative estimate of drug-likeness (QED) is 0.221. The van der Waals surface area contributed by atoms with Crippen LogP contribution < -0.4 is 4.74 Å². The van der Waals surface area contributed by atoms with Crippen LogP contribution in [0.4, 0.5) is 0 Å². The Morgan fingerprint density at radius 3 is 1.79 bits per heavy atom. The van der Waals surface area contributed by atoms with Gasteiger partial charge in [0.2, 0.25) is 5.88 Å². The van der Waals surface area contributed by atoms with Crippen LogP contribution in [0, 0.1) is 0 Å². The highest BCUT2D eigenvalue weighted by Crippen LogP contribution is 2.20. The Bertz CT molecular complexity index is 902. The Kier molecular flexibility index (Phi) is 10.9. The van der Waals surface area contributed by atoms with Crippen molar-refractivity contribution < 1.29 is 4.74 Å². The zero-order valence-corrected chi connectivity index (χ0v) is 20.6. The maximum atomic E-state index is 5.84. The van der Waals surface area contributed by atoms with Crippen LogP contribution in [0.25, 0.3) is 11.3 Å². The molecule has 0 radical (unpaired) electrons. The molecule has 3 heteroatoms. The molecule has 0 spiro atoms. The number of ether oxygens (including phenoxy) is 1. The summed E-state index contributed by atoms with van der Waals surface area (Å²) in [6.07, 6.45) is 17.7. The molecule has 0 aliphatic heterocycles.